The van der Waals surface area contributed by atoms with E-state index in [0.29, 0.717) is 11.3 Å². The molecule has 24 heavy (non-hydrogen) atoms. The lowest BCUT2D eigenvalue weighted by atomic mass is 10.1. The molecule has 7 heteroatoms. The van der Waals surface area contributed by atoms with Gasteiger partial charge in [0.25, 0.3) is 5.91 Å². The molecule has 0 aliphatic heterocycles. The van der Waals surface area contributed by atoms with E-state index in [9.17, 15) is 13.2 Å². The van der Waals surface area contributed by atoms with Crippen LogP contribution in [0.15, 0.2) is 58.8 Å². The molecule has 0 atom stereocenters. The van der Waals surface area contributed by atoms with E-state index in [0.717, 1.165) is 14.4 Å². The predicted octanol–water partition coefficient (Wildman–Crippen LogP) is 3.40. The Morgan fingerprint density at radius 2 is 1.83 bits per heavy atom. The molecule has 124 valence electrons. The number of fused-ring (bicyclic) bond motifs is 1. The van der Waals surface area contributed by atoms with Gasteiger partial charge in [0.15, 0.2) is 0 Å². The van der Waals surface area contributed by atoms with Crippen molar-refractivity contribution in [2.45, 2.75) is 4.90 Å². The van der Waals surface area contributed by atoms with Gasteiger partial charge in [-0.2, -0.15) is 0 Å². The largest absolute Gasteiger partial charge is 0.322 e. The van der Waals surface area contributed by atoms with Crippen LogP contribution in [0, 0.1) is 0 Å². The Morgan fingerprint density at radius 3 is 2.58 bits per heavy atom. The Kier molecular flexibility index (Phi) is 4.40. The molecule has 0 aliphatic carbocycles. The van der Waals surface area contributed by atoms with Crippen LogP contribution in [0.3, 0.4) is 0 Å². The summed E-state index contributed by atoms with van der Waals surface area (Å²) in [6, 6.07) is 13.9. The number of sulfonamides is 1. The summed E-state index contributed by atoms with van der Waals surface area (Å²) < 4.78 is 26.5. The molecule has 1 aromatic heterocycles. The highest BCUT2D eigenvalue weighted by Gasteiger charge is 2.18. The lowest BCUT2D eigenvalue weighted by Crippen LogP contribution is -2.22. The number of amides is 1. The number of rotatable bonds is 4. The van der Waals surface area contributed by atoms with Crippen LogP contribution in [0.1, 0.15) is 10.4 Å². The molecule has 0 saturated heterocycles. The van der Waals surface area contributed by atoms with Gasteiger partial charge in [-0.15, -0.1) is 11.3 Å². The van der Waals surface area contributed by atoms with Gasteiger partial charge >= 0.3 is 0 Å². The van der Waals surface area contributed by atoms with E-state index in [2.05, 4.69) is 5.32 Å². The lowest BCUT2D eigenvalue weighted by molar-refractivity contribution is 0.102. The minimum Gasteiger partial charge on any atom is -0.322 e. The second kappa shape index (κ2) is 6.35. The van der Waals surface area contributed by atoms with Crippen LogP contribution < -0.4 is 5.32 Å². The first kappa shape index (κ1) is 16.6. The van der Waals surface area contributed by atoms with Gasteiger partial charge in [0.05, 0.1) is 10.5 Å². The summed E-state index contributed by atoms with van der Waals surface area (Å²) in [7, 11) is -0.599. The topological polar surface area (TPSA) is 66.5 Å². The summed E-state index contributed by atoms with van der Waals surface area (Å²) in [5.74, 6) is -0.258. The molecule has 1 N–H and O–H groups in total. The van der Waals surface area contributed by atoms with E-state index in [1.54, 1.807) is 17.5 Å². The molecule has 0 spiro atoms. The number of nitrogens with one attached hydrogen (secondary N) is 1. The number of thiophene rings is 1. The fraction of sp³-hybridized carbons (Fsp3) is 0.118. The van der Waals surface area contributed by atoms with Crippen LogP contribution in [-0.4, -0.2) is 32.7 Å². The van der Waals surface area contributed by atoms with Gasteiger partial charge in [-0.25, -0.2) is 12.7 Å². The molecule has 0 aliphatic rings. The molecule has 0 saturated carbocycles. The molecular weight excluding hydrogens is 344 g/mol. The van der Waals surface area contributed by atoms with Crippen molar-refractivity contribution in [2.24, 2.45) is 0 Å². The molecule has 1 heterocycles. The average molecular weight is 360 g/mol. The Bertz CT molecular complexity index is 1010. The fourth-order valence-electron chi connectivity index (χ4n) is 2.30. The highest BCUT2D eigenvalue weighted by Crippen LogP contribution is 2.26. The number of benzene rings is 2. The van der Waals surface area contributed by atoms with Gasteiger partial charge in [-0.05, 0) is 24.3 Å². The summed E-state index contributed by atoms with van der Waals surface area (Å²) in [4.78, 5) is 12.7. The summed E-state index contributed by atoms with van der Waals surface area (Å²) in [5, 5.41) is 5.46. The quantitative estimate of drug-likeness (QED) is 0.775. The molecule has 3 rings (SSSR count). The maximum absolute atomic E-state index is 12.5. The summed E-state index contributed by atoms with van der Waals surface area (Å²) >= 11 is 1.50. The summed E-state index contributed by atoms with van der Waals surface area (Å²) in [6.45, 7) is 0. The van der Waals surface area contributed by atoms with Crippen LogP contribution in [0.5, 0.6) is 0 Å². The molecule has 0 fully saturated rings. The number of carbonyl (C=O) groups is 1. The van der Waals surface area contributed by atoms with Crippen molar-refractivity contribution in [3.8, 4) is 0 Å². The van der Waals surface area contributed by atoms with Crippen molar-refractivity contribution < 1.29 is 13.2 Å². The molecule has 0 unspecified atom stereocenters. The normalized spacial score (nSPS) is 11.8. The smallest absolute Gasteiger partial charge is 0.257 e. The van der Waals surface area contributed by atoms with Crippen LogP contribution >= 0.6 is 11.3 Å². The zero-order chi connectivity index (χ0) is 17.3. The summed E-state index contributed by atoms with van der Waals surface area (Å²) in [5.41, 5.74) is 1.02. The minimum absolute atomic E-state index is 0.139. The van der Waals surface area contributed by atoms with E-state index in [-0.39, 0.29) is 10.8 Å². The zero-order valence-corrected chi connectivity index (χ0v) is 14.8. The third kappa shape index (κ3) is 3.06. The van der Waals surface area contributed by atoms with Crippen molar-refractivity contribution in [2.75, 3.05) is 19.4 Å². The van der Waals surface area contributed by atoms with E-state index in [1.165, 1.54) is 37.6 Å². The first-order valence-corrected chi connectivity index (χ1v) is 9.52. The van der Waals surface area contributed by atoms with Crippen molar-refractivity contribution in [1.82, 2.24) is 4.31 Å². The predicted molar refractivity (Wildman–Crippen MR) is 97.1 cm³/mol. The molecule has 0 bridgehead atoms. The highest BCUT2D eigenvalue weighted by molar-refractivity contribution is 7.89. The Hall–Kier alpha value is -2.22. The van der Waals surface area contributed by atoms with E-state index >= 15 is 0 Å². The van der Waals surface area contributed by atoms with Gasteiger partial charge < -0.3 is 5.32 Å². The first-order valence-electron chi connectivity index (χ1n) is 7.20. The van der Waals surface area contributed by atoms with E-state index in [1.807, 2.05) is 24.3 Å². The van der Waals surface area contributed by atoms with Crippen molar-refractivity contribution >= 4 is 43.0 Å². The number of hydrogen-bond acceptors (Lipinski definition) is 4. The lowest BCUT2D eigenvalue weighted by Gasteiger charge is -2.12. The van der Waals surface area contributed by atoms with Crippen LogP contribution in [0.25, 0.3) is 10.1 Å². The van der Waals surface area contributed by atoms with E-state index < -0.39 is 10.0 Å². The third-order valence-electron chi connectivity index (χ3n) is 3.60. The van der Waals surface area contributed by atoms with Gasteiger partial charge in [-0.3, -0.25) is 4.79 Å². The Morgan fingerprint density at radius 1 is 1.08 bits per heavy atom. The van der Waals surface area contributed by atoms with Crippen molar-refractivity contribution in [3.05, 3.63) is 59.5 Å². The second-order valence-electron chi connectivity index (χ2n) is 5.41. The number of carbonyl (C=O) groups excluding carboxylic acids is 1. The highest BCUT2D eigenvalue weighted by atomic mass is 32.2. The number of hydrogen-bond donors (Lipinski definition) is 1. The van der Waals surface area contributed by atoms with Gasteiger partial charge in [0.1, 0.15) is 0 Å². The minimum atomic E-state index is -3.54. The third-order valence-corrected chi connectivity index (χ3v) is 6.37. The van der Waals surface area contributed by atoms with Crippen LogP contribution in [-0.2, 0) is 10.0 Å². The molecule has 2 aromatic carbocycles. The standard InChI is InChI=1S/C17H16N2O3S2/c1-19(2)24(21,22)13-7-5-6-12(10-13)18-17(20)15-11-23-16-9-4-3-8-14(15)16/h3-11H,1-2H3,(H,18,20). The monoisotopic (exact) mass is 360 g/mol. The molecule has 1 amide bonds. The fourth-order valence-corrected chi connectivity index (χ4v) is 4.19. The first-order chi connectivity index (χ1) is 11.4. The van der Waals surface area contributed by atoms with Crippen molar-refractivity contribution in [3.63, 3.8) is 0 Å². The van der Waals surface area contributed by atoms with Crippen LogP contribution in [0.4, 0.5) is 5.69 Å². The maximum Gasteiger partial charge on any atom is 0.257 e. The zero-order valence-electron chi connectivity index (χ0n) is 13.2. The molecule has 0 radical (unpaired) electrons. The number of nitrogens with zero attached hydrogens (tertiary/aromatic N) is 1. The second-order valence-corrected chi connectivity index (χ2v) is 8.48. The average Bonchev–Trinajstić information content (AvgIpc) is 2.99. The Balaban J connectivity index is 1.90. The van der Waals surface area contributed by atoms with E-state index in [4.69, 9.17) is 0 Å². The Labute approximate surface area is 144 Å². The van der Waals surface area contributed by atoms with Gasteiger partial charge in [-0.1, -0.05) is 24.3 Å². The van der Waals surface area contributed by atoms with Crippen molar-refractivity contribution in [1.29, 1.82) is 0 Å². The molecule has 5 nitrogen and oxygen atoms in total. The van der Waals surface area contributed by atoms with Gasteiger partial charge in [0, 0.05) is 35.2 Å². The summed E-state index contributed by atoms with van der Waals surface area (Å²) in [6.07, 6.45) is 0. The van der Waals surface area contributed by atoms with Crippen LogP contribution in [0.2, 0.25) is 0 Å². The molecule has 3 aromatic rings. The number of anilines is 1. The van der Waals surface area contributed by atoms with Gasteiger partial charge in [0.2, 0.25) is 10.0 Å². The maximum atomic E-state index is 12.5. The SMILES string of the molecule is CN(C)S(=O)(=O)c1cccc(NC(=O)c2csc3ccccc23)c1. The molecular formula is C17H16N2O3S2.